The SMILES string of the molecule is CCC(=O)N1CC(C(C)C(=O)N2CCCNCCC2CC)COCCC1CC. The number of amides is 2. The van der Waals surface area contributed by atoms with E-state index >= 15 is 0 Å². The van der Waals surface area contributed by atoms with Crippen LogP contribution in [0, 0.1) is 11.8 Å². The van der Waals surface area contributed by atoms with E-state index in [-0.39, 0.29) is 29.7 Å². The van der Waals surface area contributed by atoms with Crippen LogP contribution in [0.2, 0.25) is 0 Å². The Morgan fingerprint density at radius 3 is 2.46 bits per heavy atom. The van der Waals surface area contributed by atoms with Crippen LogP contribution < -0.4 is 5.32 Å². The summed E-state index contributed by atoms with van der Waals surface area (Å²) < 4.78 is 5.92. The van der Waals surface area contributed by atoms with Crippen LogP contribution in [-0.4, -0.2) is 73.1 Å². The van der Waals surface area contributed by atoms with Gasteiger partial charge in [0.05, 0.1) is 6.61 Å². The Balaban J connectivity index is 2.14. The molecule has 4 atom stereocenters. The fourth-order valence-corrected chi connectivity index (χ4v) is 4.58. The molecule has 2 heterocycles. The smallest absolute Gasteiger partial charge is 0.226 e. The van der Waals surface area contributed by atoms with Crippen molar-refractivity contribution in [1.82, 2.24) is 15.1 Å². The Labute approximate surface area is 171 Å². The molecule has 0 radical (unpaired) electrons. The molecule has 6 nitrogen and oxygen atoms in total. The highest BCUT2D eigenvalue weighted by Crippen LogP contribution is 2.25. The second kappa shape index (κ2) is 11.8. The fourth-order valence-electron chi connectivity index (χ4n) is 4.58. The third kappa shape index (κ3) is 5.93. The van der Waals surface area contributed by atoms with Crippen molar-refractivity contribution in [2.75, 3.05) is 39.4 Å². The van der Waals surface area contributed by atoms with E-state index in [9.17, 15) is 9.59 Å². The van der Waals surface area contributed by atoms with Crippen LogP contribution in [0.3, 0.4) is 0 Å². The maximum Gasteiger partial charge on any atom is 0.226 e. The van der Waals surface area contributed by atoms with Crippen molar-refractivity contribution in [1.29, 1.82) is 0 Å². The molecule has 2 amide bonds. The average molecular weight is 396 g/mol. The first-order valence-electron chi connectivity index (χ1n) is 11.4. The summed E-state index contributed by atoms with van der Waals surface area (Å²) >= 11 is 0. The first kappa shape index (κ1) is 23.1. The second-order valence-electron chi connectivity index (χ2n) is 8.36. The normalized spacial score (nSPS) is 28.6. The zero-order valence-electron chi connectivity index (χ0n) is 18.4. The van der Waals surface area contributed by atoms with Crippen molar-refractivity contribution in [2.24, 2.45) is 11.8 Å². The lowest BCUT2D eigenvalue weighted by atomic mass is 9.90. The predicted octanol–water partition coefficient (Wildman–Crippen LogP) is 2.67. The quantitative estimate of drug-likeness (QED) is 0.777. The number of hydrogen-bond acceptors (Lipinski definition) is 4. The van der Waals surface area contributed by atoms with Gasteiger partial charge in [0.15, 0.2) is 0 Å². The highest BCUT2D eigenvalue weighted by Gasteiger charge is 2.35. The number of hydrogen-bond donors (Lipinski definition) is 1. The minimum atomic E-state index is -0.135. The zero-order chi connectivity index (χ0) is 20.5. The topological polar surface area (TPSA) is 61.9 Å². The summed E-state index contributed by atoms with van der Waals surface area (Å²) in [5, 5.41) is 3.45. The van der Waals surface area contributed by atoms with E-state index in [1.165, 1.54) is 0 Å². The minimum absolute atomic E-state index is 0.0541. The summed E-state index contributed by atoms with van der Waals surface area (Å²) in [6, 6.07) is 0.516. The molecule has 2 aliphatic rings. The van der Waals surface area contributed by atoms with Crippen molar-refractivity contribution < 1.29 is 14.3 Å². The van der Waals surface area contributed by atoms with Gasteiger partial charge < -0.3 is 19.9 Å². The number of nitrogens with one attached hydrogen (secondary N) is 1. The van der Waals surface area contributed by atoms with E-state index in [4.69, 9.17) is 4.74 Å². The van der Waals surface area contributed by atoms with Crippen molar-refractivity contribution in [3.8, 4) is 0 Å². The van der Waals surface area contributed by atoms with Crippen LogP contribution in [0.1, 0.15) is 66.2 Å². The van der Waals surface area contributed by atoms with Crippen molar-refractivity contribution in [3.05, 3.63) is 0 Å². The molecular formula is C22H41N3O3. The van der Waals surface area contributed by atoms with Crippen molar-refractivity contribution >= 4 is 11.8 Å². The number of rotatable bonds is 5. The maximum atomic E-state index is 13.5. The van der Waals surface area contributed by atoms with Gasteiger partial charge in [0.25, 0.3) is 0 Å². The highest BCUT2D eigenvalue weighted by molar-refractivity contribution is 5.80. The molecule has 28 heavy (non-hydrogen) atoms. The fraction of sp³-hybridized carbons (Fsp3) is 0.909. The standard InChI is InChI=1S/C22H41N3O3/c1-5-19-9-12-23-11-8-13-24(19)22(27)17(4)18-15-25(21(26)7-3)20(6-2)10-14-28-16-18/h17-20,23H,5-16H2,1-4H3. The van der Waals surface area contributed by atoms with E-state index in [0.29, 0.717) is 32.2 Å². The molecule has 0 aliphatic carbocycles. The summed E-state index contributed by atoms with van der Waals surface area (Å²) in [6.45, 7) is 12.9. The van der Waals surface area contributed by atoms with E-state index in [2.05, 4.69) is 24.1 Å². The van der Waals surface area contributed by atoms with Crippen LogP contribution in [-0.2, 0) is 14.3 Å². The molecule has 2 fully saturated rings. The Morgan fingerprint density at radius 2 is 1.79 bits per heavy atom. The minimum Gasteiger partial charge on any atom is -0.381 e. The van der Waals surface area contributed by atoms with Gasteiger partial charge in [0.1, 0.15) is 0 Å². The number of carbonyl (C=O) groups excluding carboxylic acids is 2. The van der Waals surface area contributed by atoms with Crippen LogP contribution >= 0.6 is 0 Å². The Morgan fingerprint density at radius 1 is 1.07 bits per heavy atom. The largest absolute Gasteiger partial charge is 0.381 e. The van der Waals surface area contributed by atoms with E-state index in [0.717, 1.165) is 51.7 Å². The molecule has 0 bridgehead atoms. The van der Waals surface area contributed by atoms with Crippen LogP contribution in [0.4, 0.5) is 0 Å². The second-order valence-corrected chi connectivity index (χ2v) is 8.36. The predicted molar refractivity (Wildman–Crippen MR) is 112 cm³/mol. The van der Waals surface area contributed by atoms with Gasteiger partial charge in [-0.05, 0) is 45.2 Å². The lowest BCUT2D eigenvalue weighted by molar-refractivity contribution is -0.145. The molecule has 0 aromatic rings. The van der Waals surface area contributed by atoms with E-state index < -0.39 is 0 Å². The molecule has 1 N–H and O–H groups in total. The van der Waals surface area contributed by atoms with Gasteiger partial charge in [-0.2, -0.15) is 0 Å². The first-order chi connectivity index (χ1) is 13.5. The van der Waals surface area contributed by atoms with Gasteiger partial charge >= 0.3 is 0 Å². The number of nitrogens with zero attached hydrogens (tertiary/aromatic N) is 2. The van der Waals surface area contributed by atoms with Crippen molar-refractivity contribution in [3.63, 3.8) is 0 Å². The van der Waals surface area contributed by atoms with Crippen LogP contribution in [0.25, 0.3) is 0 Å². The van der Waals surface area contributed by atoms with Gasteiger partial charge in [0, 0.05) is 50.0 Å². The Bertz CT molecular complexity index is 499. The average Bonchev–Trinajstić information content (AvgIpc) is 2.67. The molecule has 0 saturated carbocycles. The molecule has 0 aromatic carbocycles. The van der Waals surface area contributed by atoms with Gasteiger partial charge in [0.2, 0.25) is 11.8 Å². The number of carbonyl (C=O) groups is 2. The molecular weight excluding hydrogens is 354 g/mol. The molecule has 2 saturated heterocycles. The third-order valence-electron chi connectivity index (χ3n) is 6.59. The van der Waals surface area contributed by atoms with Gasteiger partial charge in [-0.3, -0.25) is 9.59 Å². The van der Waals surface area contributed by atoms with Gasteiger partial charge in [-0.1, -0.05) is 27.7 Å². The van der Waals surface area contributed by atoms with Gasteiger partial charge in [-0.15, -0.1) is 0 Å². The van der Waals surface area contributed by atoms with Crippen molar-refractivity contribution in [2.45, 2.75) is 78.3 Å². The van der Waals surface area contributed by atoms with Crippen LogP contribution in [0.15, 0.2) is 0 Å². The molecule has 4 unspecified atom stereocenters. The summed E-state index contributed by atoms with van der Waals surface area (Å²) in [5.41, 5.74) is 0. The molecule has 6 heteroatoms. The summed E-state index contributed by atoms with van der Waals surface area (Å²) in [7, 11) is 0. The highest BCUT2D eigenvalue weighted by atomic mass is 16.5. The lowest BCUT2D eigenvalue weighted by Crippen LogP contribution is -2.51. The zero-order valence-corrected chi connectivity index (χ0v) is 18.4. The lowest BCUT2D eigenvalue weighted by Gasteiger charge is -2.40. The molecule has 0 aromatic heterocycles. The van der Waals surface area contributed by atoms with E-state index in [1.54, 1.807) is 0 Å². The summed E-state index contributed by atoms with van der Waals surface area (Å²) in [5.74, 6) is 0.352. The van der Waals surface area contributed by atoms with E-state index in [1.807, 2.05) is 18.7 Å². The summed E-state index contributed by atoms with van der Waals surface area (Å²) in [4.78, 5) is 30.2. The molecule has 0 spiro atoms. The van der Waals surface area contributed by atoms with Gasteiger partial charge in [-0.25, -0.2) is 0 Å². The molecule has 2 aliphatic heterocycles. The maximum absolute atomic E-state index is 13.5. The monoisotopic (exact) mass is 395 g/mol. The molecule has 2 rings (SSSR count). The molecule has 162 valence electrons. The first-order valence-corrected chi connectivity index (χ1v) is 11.4. The number of ether oxygens (including phenoxy) is 1. The third-order valence-corrected chi connectivity index (χ3v) is 6.59. The Kier molecular flexibility index (Phi) is 9.72. The summed E-state index contributed by atoms with van der Waals surface area (Å²) in [6.07, 6.45) is 5.32. The Hall–Kier alpha value is -1.14. The van der Waals surface area contributed by atoms with Crippen LogP contribution in [0.5, 0.6) is 0 Å².